The lowest BCUT2D eigenvalue weighted by atomic mass is 10.2. The second kappa shape index (κ2) is 7.70. The van der Waals surface area contributed by atoms with Gasteiger partial charge in [0, 0.05) is 28.7 Å². The molecule has 0 aliphatic rings. The number of nitrogens with zero attached hydrogens (tertiary/aromatic N) is 2. The van der Waals surface area contributed by atoms with Crippen molar-refractivity contribution in [1.29, 1.82) is 0 Å². The van der Waals surface area contributed by atoms with E-state index in [1.165, 1.54) is 0 Å². The maximum atomic E-state index is 12.4. The van der Waals surface area contributed by atoms with Crippen molar-refractivity contribution in [2.45, 2.75) is 13.8 Å². The van der Waals surface area contributed by atoms with Gasteiger partial charge in [-0.05, 0) is 44.2 Å². The molecular weight excluding hydrogens is 326 g/mol. The van der Waals surface area contributed by atoms with Crippen LogP contribution in [0.4, 0.5) is 5.69 Å². The third-order valence-corrected chi connectivity index (χ3v) is 4.15. The van der Waals surface area contributed by atoms with Gasteiger partial charge in [0.05, 0.1) is 7.11 Å². The molecule has 1 N–H and O–H groups in total. The number of hydrogen-bond acceptors (Lipinski definition) is 3. The number of ether oxygens (including phenoxy) is 1. The Hall–Kier alpha value is -3.34. The van der Waals surface area contributed by atoms with E-state index < -0.39 is 0 Å². The summed E-state index contributed by atoms with van der Waals surface area (Å²) in [4.78, 5) is 16.9. The first kappa shape index (κ1) is 17.5. The molecule has 3 rings (SSSR count). The van der Waals surface area contributed by atoms with E-state index in [0.717, 1.165) is 28.4 Å². The Morgan fingerprint density at radius 2 is 1.77 bits per heavy atom. The Balaban J connectivity index is 1.84. The summed E-state index contributed by atoms with van der Waals surface area (Å²) in [6.07, 6.45) is 1.78. The normalized spacial score (nSPS) is 10.9. The quantitative estimate of drug-likeness (QED) is 0.702. The monoisotopic (exact) mass is 347 g/mol. The zero-order chi connectivity index (χ0) is 18.5. The molecule has 5 nitrogen and oxygen atoms in total. The third-order valence-electron chi connectivity index (χ3n) is 4.15. The van der Waals surface area contributed by atoms with Crippen molar-refractivity contribution in [2.24, 2.45) is 4.99 Å². The highest BCUT2D eigenvalue weighted by atomic mass is 16.5. The zero-order valence-electron chi connectivity index (χ0n) is 15.1. The van der Waals surface area contributed by atoms with Crippen LogP contribution in [0.3, 0.4) is 0 Å². The van der Waals surface area contributed by atoms with Crippen molar-refractivity contribution in [1.82, 2.24) is 4.68 Å². The summed E-state index contributed by atoms with van der Waals surface area (Å²) in [5.41, 5.74) is 7.06. The van der Waals surface area contributed by atoms with Crippen LogP contribution in [-0.2, 0) is 0 Å². The van der Waals surface area contributed by atoms with Gasteiger partial charge in [0.15, 0.2) is 0 Å². The van der Waals surface area contributed by atoms with Crippen LogP contribution in [0.25, 0.3) is 0 Å². The number of aryl methyl sites for hydroxylation is 1. The number of amides is 1. The summed E-state index contributed by atoms with van der Waals surface area (Å²) < 4.78 is 7.10. The predicted molar refractivity (Wildman–Crippen MR) is 104 cm³/mol. The van der Waals surface area contributed by atoms with Gasteiger partial charge in [-0.15, -0.1) is 0 Å². The number of hydrogen-bond donors (Lipinski definition) is 1. The molecule has 0 saturated carbocycles. The second-order valence-electron chi connectivity index (χ2n) is 5.90. The molecule has 0 spiro atoms. The maximum Gasteiger partial charge on any atom is 0.270 e. The molecule has 2 aromatic carbocycles. The first-order valence-corrected chi connectivity index (χ1v) is 8.32. The third kappa shape index (κ3) is 3.67. The number of aliphatic imine (C=N–C) groups is 1. The molecule has 0 unspecified atom stereocenters. The molecule has 0 aliphatic carbocycles. The van der Waals surface area contributed by atoms with E-state index in [1.807, 2.05) is 62.4 Å². The SMILES string of the molecule is COc1ccccc1N=Cc1cc(C)n(NC(=O)c2ccccc2)c1C. The number of rotatable bonds is 5. The van der Waals surface area contributed by atoms with Crippen LogP contribution in [0.5, 0.6) is 5.75 Å². The highest BCUT2D eigenvalue weighted by Gasteiger charge is 2.11. The minimum Gasteiger partial charge on any atom is -0.494 e. The number of aromatic nitrogens is 1. The van der Waals surface area contributed by atoms with Gasteiger partial charge in [-0.3, -0.25) is 19.9 Å². The molecule has 0 saturated heterocycles. The van der Waals surface area contributed by atoms with E-state index in [-0.39, 0.29) is 5.91 Å². The summed E-state index contributed by atoms with van der Waals surface area (Å²) >= 11 is 0. The molecular formula is C21H21N3O2. The number of carbonyl (C=O) groups excluding carboxylic acids is 1. The van der Waals surface area contributed by atoms with Crippen LogP contribution in [-0.4, -0.2) is 23.9 Å². The Bertz CT molecular complexity index is 943. The van der Waals surface area contributed by atoms with Gasteiger partial charge >= 0.3 is 0 Å². The summed E-state index contributed by atoms with van der Waals surface area (Å²) in [5.74, 6) is 0.565. The second-order valence-corrected chi connectivity index (χ2v) is 5.90. The van der Waals surface area contributed by atoms with Crippen molar-refractivity contribution in [3.63, 3.8) is 0 Å². The smallest absolute Gasteiger partial charge is 0.270 e. The summed E-state index contributed by atoms with van der Waals surface area (Å²) in [6, 6.07) is 18.7. The van der Waals surface area contributed by atoms with Crippen LogP contribution in [0.15, 0.2) is 65.7 Å². The van der Waals surface area contributed by atoms with Crippen LogP contribution >= 0.6 is 0 Å². The van der Waals surface area contributed by atoms with Gasteiger partial charge < -0.3 is 4.74 Å². The largest absolute Gasteiger partial charge is 0.494 e. The molecule has 26 heavy (non-hydrogen) atoms. The van der Waals surface area contributed by atoms with Crippen molar-refractivity contribution in [2.75, 3.05) is 12.5 Å². The molecule has 0 fully saturated rings. The maximum absolute atomic E-state index is 12.4. The average Bonchev–Trinajstić information content (AvgIpc) is 2.94. The number of nitrogens with one attached hydrogen (secondary N) is 1. The molecule has 5 heteroatoms. The molecule has 0 aliphatic heterocycles. The average molecular weight is 347 g/mol. The van der Waals surface area contributed by atoms with Crippen LogP contribution in [0.1, 0.15) is 27.3 Å². The van der Waals surface area contributed by atoms with Crippen LogP contribution in [0, 0.1) is 13.8 Å². The number of carbonyl (C=O) groups is 1. The number of para-hydroxylation sites is 2. The zero-order valence-corrected chi connectivity index (χ0v) is 15.1. The molecule has 0 atom stereocenters. The molecule has 0 bridgehead atoms. The van der Waals surface area contributed by atoms with E-state index in [9.17, 15) is 4.79 Å². The highest BCUT2D eigenvalue weighted by Crippen LogP contribution is 2.26. The first-order chi connectivity index (χ1) is 12.6. The molecule has 0 radical (unpaired) electrons. The molecule has 132 valence electrons. The fraction of sp³-hybridized carbons (Fsp3) is 0.143. The van der Waals surface area contributed by atoms with E-state index in [2.05, 4.69) is 10.4 Å². The molecule has 1 aromatic heterocycles. The Labute approximate surface area is 152 Å². The lowest BCUT2D eigenvalue weighted by Crippen LogP contribution is -2.24. The summed E-state index contributed by atoms with van der Waals surface area (Å²) in [5, 5.41) is 0. The van der Waals surface area contributed by atoms with E-state index >= 15 is 0 Å². The topological polar surface area (TPSA) is 55.6 Å². The molecule has 1 amide bonds. The van der Waals surface area contributed by atoms with E-state index in [1.54, 1.807) is 30.1 Å². The van der Waals surface area contributed by atoms with Gasteiger partial charge in [-0.2, -0.15) is 0 Å². The molecule has 3 aromatic rings. The van der Waals surface area contributed by atoms with E-state index in [4.69, 9.17) is 4.74 Å². The number of benzene rings is 2. The van der Waals surface area contributed by atoms with Crippen molar-refractivity contribution in [3.05, 3.63) is 83.2 Å². The lowest BCUT2D eigenvalue weighted by Gasteiger charge is -2.11. The van der Waals surface area contributed by atoms with E-state index in [0.29, 0.717) is 5.56 Å². The summed E-state index contributed by atoms with van der Waals surface area (Å²) in [7, 11) is 1.62. The lowest BCUT2D eigenvalue weighted by molar-refractivity contribution is 0.101. The highest BCUT2D eigenvalue weighted by molar-refractivity contribution is 6.00. The standard InChI is InChI=1S/C21H21N3O2/c1-15-13-18(14-22-19-11-7-8-12-20(19)26-3)16(2)24(15)23-21(25)17-9-5-4-6-10-17/h4-14H,1-3H3,(H,23,25). The first-order valence-electron chi connectivity index (χ1n) is 8.32. The fourth-order valence-corrected chi connectivity index (χ4v) is 2.72. The van der Waals surface area contributed by atoms with Crippen molar-refractivity contribution < 1.29 is 9.53 Å². The van der Waals surface area contributed by atoms with Gasteiger partial charge in [0.1, 0.15) is 11.4 Å². The fourth-order valence-electron chi connectivity index (χ4n) is 2.72. The Morgan fingerprint density at radius 3 is 2.50 bits per heavy atom. The number of methoxy groups -OCH3 is 1. The van der Waals surface area contributed by atoms with Crippen LogP contribution in [0.2, 0.25) is 0 Å². The van der Waals surface area contributed by atoms with Gasteiger partial charge in [0.25, 0.3) is 5.91 Å². The van der Waals surface area contributed by atoms with Crippen molar-refractivity contribution in [3.8, 4) is 5.75 Å². The van der Waals surface area contributed by atoms with Crippen LogP contribution < -0.4 is 10.2 Å². The molecule has 1 heterocycles. The predicted octanol–water partition coefficient (Wildman–Crippen LogP) is 4.25. The van der Waals surface area contributed by atoms with Crippen molar-refractivity contribution >= 4 is 17.8 Å². The Kier molecular flexibility index (Phi) is 5.17. The van der Waals surface area contributed by atoms with Gasteiger partial charge in [0.2, 0.25) is 0 Å². The Morgan fingerprint density at radius 1 is 1.08 bits per heavy atom. The van der Waals surface area contributed by atoms with Gasteiger partial charge in [-0.25, -0.2) is 0 Å². The summed E-state index contributed by atoms with van der Waals surface area (Å²) in [6.45, 7) is 3.89. The van der Waals surface area contributed by atoms with Gasteiger partial charge in [-0.1, -0.05) is 30.3 Å². The minimum atomic E-state index is -0.152. The minimum absolute atomic E-state index is 0.152.